The first kappa shape index (κ1) is 13.1. The van der Waals surface area contributed by atoms with E-state index < -0.39 is 0 Å². The van der Waals surface area contributed by atoms with Crippen molar-refractivity contribution in [2.45, 2.75) is 0 Å². The quantitative estimate of drug-likeness (QED) is 0.762. The number of carbonyl (C=O) groups is 1. The Balaban J connectivity index is 2.34. The van der Waals surface area contributed by atoms with Gasteiger partial charge in [-0.25, -0.2) is 0 Å². The van der Waals surface area contributed by atoms with Crippen LogP contribution in [0.2, 0.25) is 0 Å². The number of carbonyl (C=O) groups excluding carboxylic acids is 1. The van der Waals surface area contributed by atoms with Crippen molar-refractivity contribution < 1.29 is 4.79 Å². The van der Waals surface area contributed by atoms with E-state index in [4.69, 9.17) is 5.26 Å². The summed E-state index contributed by atoms with van der Waals surface area (Å²) in [5.74, 6) is -0.100. The minimum absolute atomic E-state index is 0.100. The summed E-state index contributed by atoms with van der Waals surface area (Å²) in [7, 11) is 1.68. The largest absolute Gasteiger partial charge is 0.310 e. The van der Waals surface area contributed by atoms with Gasteiger partial charge in [-0.3, -0.25) is 4.79 Å². The summed E-state index contributed by atoms with van der Waals surface area (Å²) in [6.07, 6.45) is 0. The van der Waals surface area contributed by atoms with Gasteiger partial charge >= 0.3 is 0 Å². The molecule has 1 heterocycles. The normalized spacial score (nSPS) is 9.83. The average molecular weight is 368 g/mol. The van der Waals surface area contributed by atoms with Crippen LogP contribution in [-0.2, 0) is 0 Å². The molecule has 1 aromatic carbocycles. The maximum atomic E-state index is 12.2. The van der Waals surface area contributed by atoms with Gasteiger partial charge < -0.3 is 4.90 Å². The third kappa shape index (κ3) is 2.54. The van der Waals surface area contributed by atoms with Gasteiger partial charge in [0, 0.05) is 12.4 Å². The number of hydrogen-bond donors (Lipinski definition) is 0. The minimum atomic E-state index is -0.100. The lowest BCUT2D eigenvalue weighted by Crippen LogP contribution is -2.26. The van der Waals surface area contributed by atoms with Crippen molar-refractivity contribution >= 4 is 45.5 Å². The number of halogens is 1. The lowest BCUT2D eigenvalue weighted by atomic mass is 10.1. The highest BCUT2D eigenvalue weighted by molar-refractivity contribution is 14.1. The summed E-state index contributed by atoms with van der Waals surface area (Å²) in [6, 6.07) is 11.0. The highest BCUT2D eigenvalue weighted by atomic mass is 127. The first-order chi connectivity index (χ1) is 8.63. The van der Waals surface area contributed by atoms with Crippen LogP contribution in [0.15, 0.2) is 35.7 Å². The molecular formula is C13H9IN2OS. The first-order valence-corrected chi connectivity index (χ1v) is 7.10. The van der Waals surface area contributed by atoms with E-state index in [1.165, 1.54) is 16.2 Å². The van der Waals surface area contributed by atoms with Crippen LogP contribution in [0.4, 0.5) is 5.69 Å². The summed E-state index contributed by atoms with van der Waals surface area (Å²) in [5.41, 5.74) is 1.78. The number of rotatable bonds is 2. The molecule has 1 aromatic heterocycles. The van der Waals surface area contributed by atoms with Gasteiger partial charge in [0.2, 0.25) is 0 Å². The second-order valence-corrected chi connectivity index (χ2v) is 6.44. The van der Waals surface area contributed by atoms with Crippen molar-refractivity contribution in [1.29, 1.82) is 5.26 Å². The Labute approximate surface area is 123 Å². The number of nitrogens with zero attached hydrogens (tertiary/aromatic N) is 2. The summed E-state index contributed by atoms with van der Waals surface area (Å²) in [4.78, 5) is 13.8. The van der Waals surface area contributed by atoms with Crippen LogP contribution in [0.1, 0.15) is 15.9 Å². The zero-order valence-electron chi connectivity index (χ0n) is 9.55. The molecule has 2 rings (SSSR count). The molecule has 0 spiro atoms. The van der Waals surface area contributed by atoms with E-state index in [-0.39, 0.29) is 5.91 Å². The Morgan fingerprint density at radius 2 is 2.17 bits per heavy atom. The molecule has 90 valence electrons. The predicted molar refractivity (Wildman–Crippen MR) is 80.9 cm³/mol. The van der Waals surface area contributed by atoms with E-state index >= 15 is 0 Å². The smallest absolute Gasteiger partial charge is 0.258 e. The molecule has 0 aliphatic carbocycles. The fourth-order valence-corrected chi connectivity index (χ4v) is 2.91. The number of anilines is 1. The molecule has 0 unspecified atom stereocenters. The van der Waals surface area contributed by atoms with E-state index in [1.807, 2.05) is 17.5 Å². The fourth-order valence-electron chi connectivity index (χ4n) is 1.59. The molecule has 0 N–H and O–H groups in total. The van der Waals surface area contributed by atoms with E-state index in [0.717, 1.165) is 2.88 Å². The highest BCUT2D eigenvalue weighted by Crippen LogP contribution is 2.23. The van der Waals surface area contributed by atoms with E-state index in [1.54, 1.807) is 25.2 Å². The molecule has 18 heavy (non-hydrogen) atoms. The van der Waals surface area contributed by atoms with Gasteiger partial charge in [-0.2, -0.15) is 5.26 Å². The van der Waals surface area contributed by atoms with Crippen LogP contribution in [0.3, 0.4) is 0 Å². The first-order valence-electron chi connectivity index (χ1n) is 5.14. The second kappa shape index (κ2) is 5.50. The van der Waals surface area contributed by atoms with Crippen molar-refractivity contribution in [1.82, 2.24) is 0 Å². The zero-order valence-corrected chi connectivity index (χ0v) is 12.5. The Bertz CT molecular complexity index is 630. The van der Waals surface area contributed by atoms with Crippen LogP contribution in [0.25, 0.3) is 0 Å². The molecule has 0 fully saturated rings. The molecule has 0 radical (unpaired) electrons. The molecule has 5 heteroatoms. The Hall–Kier alpha value is -1.39. The maximum absolute atomic E-state index is 12.2. The summed E-state index contributed by atoms with van der Waals surface area (Å²) in [5, 5.41) is 10.9. The van der Waals surface area contributed by atoms with Crippen molar-refractivity contribution in [2.24, 2.45) is 0 Å². The van der Waals surface area contributed by atoms with Gasteiger partial charge in [0.25, 0.3) is 5.91 Å². The van der Waals surface area contributed by atoms with Gasteiger partial charge in [0.05, 0.1) is 19.7 Å². The third-order valence-electron chi connectivity index (χ3n) is 2.50. The highest BCUT2D eigenvalue weighted by Gasteiger charge is 2.17. The molecule has 0 aliphatic rings. The summed E-state index contributed by atoms with van der Waals surface area (Å²) in [6.45, 7) is 0. The average Bonchev–Trinajstić information content (AvgIpc) is 2.83. The van der Waals surface area contributed by atoms with E-state index in [0.29, 0.717) is 16.8 Å². The van der Waals surface area contributed by atoms with E-state index in [2.05, 4.69) is 28.7 Å². The van der Waals surface area contributed by atoms with Gasteiger partial charge in [-0.1, -0.05) is 12.1 Å². The van der Waals surface area contributed by atoms with Crippen LogP contribution < -0.4 is 4.90 Å². The van der Waals surface area contributed by atoms with Crippen LogP contribution >= 0.6 is 33.9 Å². The molecule has 0 aliphatic heterocycles. The van der Waals surface area contributed by atoms with Crippen molar-refractivity contribution in [3.63, 3.8) is 0 Å². The topological polar surface area (TPSA) is 44.1 Å². The number of hydrogen-bond acceptors (Lipinski definition) is 3. The predicted octanol–water partition coefficient (Wildman–Crippen LogP) is 3.50. The van der Waals surface area contributed by atoms with Crippen molar-refractivity contribution in [3.8, 4) is 6.07 Å². The van der Waals surface area contributed by atoms with Gasteiger partial charge in [-0.15, -0.1) is 11.3 Å². The number of thiophene rings is 1. The molecule has 0 saturated heterocycles. The fraction of sp³-hybridized carbons (Fsp3) is 0.0769. The Kier molecular flexibility index (Phi) is 3.99. The third-order valence-corrected chi connectivity index (χ3v) is 4.29. The summed E-state index contributed by atoms with van der Waals surface area (Å²) >= 11 is 3.71. The Morgan fingerprint density at radius 1 is 1.44 bits per heavy atom. The zero-order chi connectivity index (χ0) is 13.1. The van der Waals surface area contributed by atoms with Crippen LogP contribution in [-0.4, -0.2) is 13.0 Å². The standard InChI is InChI=1S/C13H9IN2OS/c1-16(11-5-3-2-4-9(11)7-15)13(17)10-6-12(14)18-8-10/h2-6,8H,1H3. The second-order valence-electron chi connectivity index (χ2n) is 3.63. The van der Waals surface area contributed by atoms with Gasteiger partial charge in [0.15, 0.2) is 0 Å². The van der Waals surface area contributed by atoms with E-state index in [9.17, 15) is 4.79 Å². The van der Waals surface area contributed by atoms with Crippen LogP contribution in [0, 0.1) is 14.2 Å². The van der Waals surface area contributed by atoms with Crippen LogP contribution in [0.5, 0.6) is 0 Å². The molecule has 3 nitrogen and oxygen atoms in total. The molecule has 0 bridgehead atoms. The number of para-hydroxylation sites is 1. The molecule has 1 amide bonds. The molecule has 0 atom stereocenters. The number of benzene rings is 1. The Morgan fingerprint density at radius 3 is 2.78 bits per heavy atom. The minimum Gasteiger partial charge on any atom is -0.310 e. The van der Waals surface area contributed by atoms with Gasteiger partial charge in [-0.05, 0) is 40.8 Å². The number of nitriles is 1. The summed E-state index contributed by atoms with van der Waals surface area (Å²) < 4.78 is 1.07. The van der Waals surface area contributed by atoms with Gasteiger partial charge in [0.1, 0.15) is 6.07 Å². The molecule has 2 aromatic rings. The lowest BCUT2D eigenvalue weighted by Gasteiger charge is -2.17. The molecule has 0 saturated carbocycles. The monoisotopic (exact) mass is 368 g/mol. The SMILES string of the molecule is CN(C(=O)c1csc(I)c1)c1ccccc1C#N. The maximum Gasteiger partial charge on any atom is 0.258 e. The number of amides is 1. The van der Waals surface area contributed by atoms with Crippen molar-refractivity contribution in [2.75, 3.05) is 11.9 Å². The van der Waals surface area contributed by atoms with Crippen molar-refractivity contribution in [3.05, 3.63) is 49.7 Å². The molecular weight excluding hydrogens is 359 g/mol. The lowest BCUT2D eigenvalue weighted by molar-refractivity contribution is 0.0993.